The lowest BCUT2D eigenvalue weighted by atomic mass is 9.97. The van der Waals surface area contributed by atoms with E-state index in [4.69, 9.17) is 18.9 Å². The van der Waals surface area contributed by atoms with Gasteiger partial charge in [-0.1, -0.05) is 257 Å². The Kier molecular flexibility index (Phi) is 43.4. The summed E-state index contributed by atoms with van der Waals surface area (Å²) in [6.45, 7) is 2.83. The number of hydrogen-bond donors (Lipinski definition) is 9. The lowest BCUT2D eigenvalue weighted by molar-refractivity contribution is -0.359. The summed E-state index contributed by atoms with van der Waals surface area (Å²) in [5, 5.41) is 87.1. The SMILES string of the molecule is CCCCCCCCCCCCCC/C=C/C(O)C(COC1OC(CO)C(OC2OC(CO)C(O)C(O)C2O)C(O)C1O)NC(=O)CCCCCCCCCCCCCCCCCCCCCCCCCCCC. The van der Waals surface area contributed by atoms with E-state index in [1.165, 1.54) is 205 Å². The molecule has 1 amide bonds. The molecule has 14 nitrogen and oxygen atoms in total. The van der Waals surface area contributed by atoms with Gasteiger partial charge in [0.2, 0.25) is 5.91 Å². The number of carbonyl (C=O) groups is 1. The van der Waals surface area contributed by atoms with Crippen LogP contribution in [0.4, 0.5) is 0 Å². The third kappa shape index (κ3) is 32.0. The van der Waals surface area contributed by atoms with Crippen LogP contribution in [0.3, 0.4) is 0 Å². The molecule has 9 N–H and O–H groups in total. The van der Waals surface area contributed by atoms with E-state index in [0.29, 0.717) is 6.42 Å². The van der Waals surface area contributed by atoms with Crippen molar-refractivity contribution in [1.82, 2.24) is 5.32 Å². The van der Waals surface area contributed by atoms with Crippen LogP contribution in [-0.4, -0.2) is 140 Å². The van der Waals surface area contributed by atoms with Gasteiger partial charge in [-0.2, -0.15) is 0 Å². The van der Waals surface area contributed by atoms with Crippen molar-refractivity contribution in [1.29, 1.82) is 0 Å². The Balaban J connectivity index is 1.70. The van der Waals surface area contributed by atoms with Crippen molar-refractivity contribution in [2.75, 3.05) is 19.8 Å². The van der Waals surface area contributed by atoms with Crippen LogP contribution in [0.5, 0.6) is 0 Å². The van der Waals surface area contributed by atoms with Crippen LogP contribution in [0, 0.1) is 0 Å². The smallest absolute Gasteiger partial charge is 0.220 e. The molecule has 2 rings (SSSR count). The zero-order chi connectivity index (χ0) is 53.9. The first-order valence-corrected chi connectivity index (χ1v) is 30.9. The van der Waals surface area contributed by atoms with Crippen LogP contribution in [0.1, 0.15) is 271 Å². The molecule has 12 atom stereocenters. The number of rotatable bonds is 50. The van der Waals surface area contributed by atoms with E-state index in [1.54, 1.807) is 6.08 Å². The van der Waals surface area contributed by atoms with E-state index < -0.39 is 86.8 Å². The number of carbonyl (C=O) groups excluding carboxylic acids is 1. The van der Waals surface area contributed by atoms with Crippen LogP contribution < -0.4 is 5.32 Å². The van der Waals surface area contributed by atoms with Gasteiger partial charge in [0.15, 0.2) is 12.6 Å². The maximum Gasteiger partial charge on any atom is 0.220 e. The highest BCUT2D eigenvalue weighted by molar-refractivity contribution is 5.76. The minimum Gasteiger partial charge on any atom is -0.394 e. The molecule has 2 aliphatic heterocycles. The Hall–Kier alpha value is -1.27. The van der Waals surface area contributed by atoms with Gasteiger partial charge in [0.1, 0.15) is 48.8 Å². The summed E-state index contributed by atoms with van der Waals surface area (Å²) in [5.74, 6) is -0.234. The van der Waals surface area contributed by atoms with Crippen LogP contribution in [0.2, 0.25) is 0 Å². The number of hydrogen-bond acceptors (Lipinski definition) is 13. The molecule has 2 saturated heterocycles. The lowest BCUT2D eigenvalue weighted by Gasteiger charge is -2.46. The molecule has 0 bridgehead atoms. The normalized spacial score (nSPS) is 25.2. The molecule has 0 saturated carbocycles. The minimum atomic E-state index is -1.79. The minimum absolute atomic E-state index is 0.234. The van der Waals surface area contributed by atoms with Crippen LogP contribution >= 0.6 is 0 Å². The Morgan fingerprint density at radius 2 is 0.838 bits per heavy atom. The van der Waals surface area contributed by atoms with Crippen LogP contribution in [0.25, 0.3) is 0 Å². The van der Waals surface area contributed by atoms with Gasteiger partial charge in [0.25, 0.3) is 0 Å². The largest absolute Gasteiger partial charge is 0.394 e. The molecule has 0 radical (unpaired) electrons. The molecule has 0 aliphatic carbocycles. The fraction of sp³-hybridized carbons (Fsp3) is 0.950. The van der Waals surface area contributed by atoms with Gasteiger partial charge in [0, 0.05) is 6.42 Å². The topological polar surface area (TPSA) is 228 Å². The van der Waals surface area contributed by atoms with Gasteiger partial charge in [-0.15, -0.1) is 0 Å². The maximum absolute atomic E-state index is 13.3. The fourth-order valence-corrected chi connectivity index (χ4v) is 10.5. The first-order valence-electron chi connectivity index (χ1n) is 30.9. The van der Waals surface area contributed by atoms with Gasteiger partial charge < -0.3 is 65.1 Å². The zero-order valence-corrected chi connectivity index (χ0v) is 47.1. The van der Waals surface area contributed by atoms with E-state index in [1.807, 2.05) is 6.08 Å². The number of ether oxygens (including phenoxy) is 4. The first kappa shape index (κ1) is 68.8. The summed E-state index contributed by atoms with van der Waals surface area (Å²) in [7, 11) is 0. The summed E-state index contributed by atoms with van der Waals surface area (Å²) < 4.78 is 22.8. The highest BCUT2D eigenvalue weighted by Crippen LogP contribution is 2.30. The molecule has 2 heterocycles. The number of allylic oxidation sites excluding steroid dienone is 1. The molecule has 12 unspecified atom stereocenters. The van der Waals surface area contributed by atoms with Gasteiger partial charge in [-0.25, -0.2) is 0 Å². The quantitative estimate of drug-likeness (QED) is 0.0204. The lowest BCUT2D eigenvalue weighted by Crippen LogP contribution is -2.65. The molecule has 14 heteroatoms. The predicted molar refractivity (Wildman–Crippen MR) is 295 cm³/mol. The average Bonchev–Trinajstić information content (AvgIpc) is 3.40. The van der Waals surface area contributed by atoms with Gasteiger partial charge >= 0.3 is 0 Å². The second kappa shape index (κ2) is 46.6. The van der Waals surface area contributed by atoms with E-state index in [-0.39, 0.29) is 18.9 Å². The fourth-order valence-electron chi connectivity index (χ4n) is 10.5. The summed E-state index contributed by atoms with van der Waals surface area (Å²) >= 11 is 0. The molecular weight excluding hydrogens is 943 g/mol. The van der Waals surface area contributed by atoms with Crippen LogP contribution in [0.15, 0.2) is 12.2 Å². The number of aliphatic hydroxyl groups excluding tert-OH is 8. The maximum atomic E-state index is 13.3. The predicted octanol–water partition coefficient (Wildman–Crippen LogP) is 10.7. The number of nitrogens with one attached hydrogen (secondary N) is 1. The molecule has 0 aromatic carbocycles. The Morgan fingerprint density at radius 3 is 1.24 bits per heavy atom. The van der Waals surface area contributed by atoms with Gasteiger partial charge in [0.05, 0.1) is 32.0 Å². The van der Waals surface area contributed by atoms with Crippen molar-refractivity contribution >= 4 is 5.91 Å². The van der Waals surface area contributed by atoms with Gasteiger partial charge in [-0.05, 0) is 19.3 Å². The molecule has 0 spiro atoms. The standard InChI is InChI=1S/C60H115NO13/c1-3-5-7-9-11-13-15-17-19-20-21-22-23-24-25-26-27-28-29-30-32-34-36-38-40-42-44-52(65)61-48(49(64)43-41-39-37-35-33-31-18-16-14-12-10-8-6-4-2)47-71-59-57(70)55(68)58(51(46-63)73-59)74-60-56(69)54(67)53(66)50(45-62)72-60/h41,43,48-51,53-60,62-64,66-70H,3-40,42,44-47H2,1-2H3,(H,61,65)/b43-41+. The molecular formula is C60H115NO13. The van der Waals surface area contributed by atoms with Gasteiger partial charge in [-0.3, -0.25) is 4.79 Å². The van der Waals surface area contributed by atoms with Crippen molar-refractivity contribution in [3.63, 3.8) is 0 Å². The van der Waals surface area contributed by atoms with Crippen molar-refractivity contribution in [3.05, 3.63) is 12.2 Å². The van der Waals surface area contributed by atoms with Crippen molar-refractivity contribution in [2.24, 2.45) is 0 Å². The molecule has 0 aromatic rings. The summed E-state index contributed by atoms with van der Waals surface area (Å²) in [4.78, 5) is 13.3. The van der Waals surface area contributed by atoms with E-state index in [2.05, 4.69) is 19.2 Å². The summed E-state index contributed by atoms with van der Waals surface area (Å²) in [5.41, 5.74) is 0. The van der Waals surface area contributed by atoms with Crippen molar-refractivity contribution < 1.29 is 64.6 Å². The van der Waals surface area contributed by atoms with Crippen molar-refractivity contribution in [2.45, 2.75) is 344 Å². The Labute approximate surface area is 450 Å². The Morgan fingerprint density at radius 1 is 0.473 bits per heavy atom. The average molecular weight is 1060 g/mol. The van der Waals surface area contributed by atoms with E-state index in [9.17, 15) is 45.6 Å². The number of unbranched alkanes of at least 4 members (excludes halogenated alkanes) is 37. The molecule has 0 aromatic heterocycles. The summed E-state index contributed by atoms with van der Waals surface area (Å²) in [6, 6.07) is -0.909. The first-order chi connectivity index (χ1) is 36.1. The van der Waals surface area contributed by atoms with Crippen molar-refractivity contribution in [3.8, 4) is 0 Å². The summed E-state index contributed by atoms with van der Waals surface area (Å²) in [6.07, 6.45) is 36.9. The highest BCUT2D eigenvalue weighted by Gasteiger charge is 2.51. The third-order valence-corrected chi connectivity index (χ3v) is 15.5. The second-order valence-electron chi connectivity index (χ2n) is 22.2. The van der Waals surface area contributed by atoms with E-state index in [0.717, 1.165) is 38.5 Å². The number of aliphatic hydroxyl groups is 8. The second-order valence-corrected chi connectivity index (χ2v) is 22.2. The third-order valence-electron chi connectivity index (χ3n) is 15.5. The Bertz CT molecular complexity index is 1290. The highest BCUT2D eigenvalue weighted by atomic mass is 16.7. The number of amides is 1. The molecule has 2 fully saturated rings. The van der Waals surface area contributed by atoms with Crippen LogP contribution in [-0.2, 0) is 23.7 Å². The van der Waals surface area contributed by atoms with E-state index >= 15 is 0 Å². The molecule has 2 aliphatic rings. The monoisotopic (exact) mass is 1060 g/mol. The molecule has 74 heavy (non-hydrogen) atoms. The zero-order valence-electron chi connectivity index (χ0n) is 47.1. The molecule has 438 valence electrons.